The first-order valence-electron chi connectivity index (χ1n) is 24.4. The van der Waals surface area contributed by atoms with Crippen LogP contribution in [0.25, 0.3) is 77.2 Å². The standard InChI is InChI=1S/C68H47NO/c1-67(2)59-33-16-14-31-54(59)58-42-57(44-20-6-3-7-21-44)63(43-61(58)67)69(49-28-18-23-46(40-49)51-32-19-35-64-65(51)56-38-36-45-22-12-13-29-52(45)66(56)70-64)50-37-39-55-53-30-15-17-34-60(53)68(62(55)41-50,47-24-8-4-9-25-47)48-26-10-5-11-27-48/h3-43H,1-2H3. The molecular weight excluding hydrogens is 847 g/mol. The minimum Gasteiger partial charge on any atom is -0.455 e. The summed E-state index contributed by atoms with van der Waals surface area (Å²) in [6, 6.07) is 92.0. The number of hydrogen-bond acceptors (Lipinski definition) is 2. The monoisotopic (exact) mass is 893 g/mol. The molecule has 0 fully saturated rings. The topological polar surface area (TPSA) is 16.4 Å². The van der Waals surface area contributed by atoms with Crippen molar-refractivity contribution < 1.29 is 4.42 Å². The van der Waals surface area contributed by atoms with E-state index < -0.39 is 5.41 Å². The molecule has 12 aromatic rings. The van der Waals surface area contributed by atoms with Crippen LogP contribution in [0.1, 0.15) is 47.2 Å². The maximum Gasteiger partial charge on any atom is 0.143 e. The average Bonchev–Trinajstić information content (AvgIpc) is 4.03. The quantitative estimate of drug-likeness (QED) is 0.158. The minimum atomic E-state index is -0.566. The van der Waals surface area contributed by atoms with Crippen molar-refractivity contribution in [2.24, 2.45) is 0 Å². The van der Waals surface area contributed by atoms with E-state index in [2.05, 4.69) is 267 Å². The van der Waals surface area contributed by atoms with Crippen molar-refractivity contribution in [1.82, 2.24) is 0 Å². The molecule has 0 aliphatic heterocycles. The molecule has 330 valence electrons. The molecule has 1 aromatic heterocycles. The van der Waals surface area contributed by atoms with E-state index in [4.69, 9.17) is 4.42 Å². The Morgan fingerprint density at radius 2 is 0.957 bits per heavy atom. The minimum absolute atomic E-state index is 0.221. The van der Waals surface area contributed by atoms with Crippen molar-refractivity contribution >= 4 is 49.8 Å². The Morgan fingerprint density at radius 1 is 0.357 bits per heavy atom. The summed E-state index contributed by atoms with van der Waals surface area (Å²) < 4.78 is 6.75. The molecule has 2 aliphatic carbocycles. The van der Waals surface area contributed by atoms with E-state index in [9.17, 15) is 0 Å². The van der Waals surface area contributed by atoms with Crippen molar-refractivity contribution in [2.45, 2.75) is 24.7 Å². The molecule has 0 radical (unpaired) electrons. The van der Waals surface area contributed by atoms with E-state index in [1.807, 2.05) is 0 Å². The van der Waals surface area contributed by atoms with Crippen LogP contribution in [0.15, 0.2) is 253 Å². The molecule has 0 atom stereocenters. The average molecular weight is 894 g/mol. The van der Waals surface area contributed by atoms with Crippen LogP contribution in [0.2, 0.25) is 0 Å². The number of hydrogen-bond donors (Lipinski definition) is 0. The maximum absolute atomic E-state index is 6.75. The molecular formula is C68H47NO. The van der Waals surface area contributed by atoms with Crippen LogP contribution >= 0.6 is 0 Å². The van der Waals surface area contributed by atoms with Crippen LogP contribution in [0.3, 0.4) is 0 Å². The van der Waals surface area contributed by atoms with Gasteiger partial charge in [0.1, 0.15) is 11.2 Å². The zero-order valence-corrected chi connectivity index (χ0v) is 39.0. The van der Waals surface area contributed by atoms with Gasteiger partial charge in [-0.1, -0.05) is 214 Å². The normalized spacial score (nSPS) is 13.8. The second kappa shape index (κ2) is 15.4. The highest BCUT2D eigenvalue weighted by atomic mass is 16.3. The highest BCUT2D eigenvalue weighted by molar-refractivity contribution is 6.19. The summed E-state index contributed by atoms with van der Waals surface area (Å²) in [6.07, 6.45) is 0. The molecule has 0 spiro atoms. The molecule has 0 saturated carbocycles. The Bertz CT molecular complexity index is 3990. The maximum atomic E-state index is 6.75. The predicted octanol–water partition coefficient (Wildman–Crippen LogP) is 18.2. The summed E-state index contributed by atoms with van der Waals surface area (Å²) in [5.41, 5.74) is 21.7. The summed E-state index contributed by atoms with van der Waals surface area (Å²) >= 11 is 0. The van der Waals surface area contributed by atoms with Crippen LogP contribution in [0, 0.1) is 0 Å². The van der Waals surface area contributed by atoms with Crippen molar-refractivity contribution in [3.8, 4) is 44.5 Å². The summed E-state index contributed by atoms with van der Waals surface area (Å²) in [7, 11) is 0. The van der Waals surface area contributed by atoms with Gasteiger partial charge in [-0.3, -0.25) is 0 Å². The molecule has 0 unspecified atom stereocenters. The van der Waals surface area contributed by atoms with Crippen LogP contribution in [-0.4, -0.2) is 0 Å². The lowest BCUT2D eigenvalue weighted by molar-refractivity contribution is 0.660. The van der Waals surface area contributed by atoms with Gasteiger partial charge in [-0.25, -0.2) is 0 Å². The van der Waals surface area contributed by atoms with Gasteiger partial charge in [-0.2, -0.15) is 0 Å². The highest BCUT2D eigenvalue weighted by Gasteiger charge is 2.46. The fourth-order valence-electron chi connectivity index (χ4n) is 12.4. The van der Waals surface area contributed by atoms with Crippen LogP contribution < -0.4 is 4.90 Å². The molecule has 11 aromatic carbocycles. The molecule has 0 amide bonds. The molecule has 14 rings (SSSR count). The van der Waals surface area contributed by atoms with Crippen molar-refractivity contribution in [2.75, 3.05) is 4.90 Å². The van der Waals surface area contributed by atoms with Gasteiger partial charge in [0.15, 0.2) is 0 Å². The second-order valence-corrected chi connectivity index (χ2v) is 19.5. The van der Waals surface area contributed by atoms with E-state index in [-0.39, 0.29) is 5.41 Å². The summed E-state index contributed by atoms with van der Waals surface area (Å²) in [5.74, 6) is 0. The molecule has 0 N–H and O–H groups in total. The number of fused-ring (bicyclic) bond motifs is 11. The lowest BCUT2D eigenvalue weighted by atomic mass is 9.67. The van der Waals surface area contributed by atoms with Gasteiger partial charge in [-0.15, -0.1) is 0 Å². The van der Waals surface area contributed by atoms with E-state index in [0.29, 0.717) is 0 Å². The third-order valence-corrected chi connectivity index (χ3v) is 15.5. The Morgan fingerprint density at radius 3 is 1.73 bits per heavy atom. The largest absolute Gasteiger partial charge is 0.455 e. The molecule has 2 nitrogen and oxygen atoms in total. The van der Waals surface area contributed by atoms with Gasteiger partial charge >= 0.3 is 0 Å². The van der Waals surface area contributed by atoms with Crippen LogP contribution in [0.5, 0.6) is 0 Å². The van der Waals surface area contributed by atoms with E-state index >= 15 is 0 Å². The van der Waals surface area contributed by atoms with Gasteiger partial charge in [0.2, 0.25) is 0 Å². The number of furan rings is 1. The third kappa shape index (κ3) is 5.80. The fraction of sp³-hybridized carbons (Fsp3) is 0.0588. The first-order valence-corrected chi connectivity index (χ1v) is 24.4. The van der Waals surface area contributed by atoms with Gasteiger partial charge in [0.25, 0.3) is 0 Å². The summed E-state index contributed by atoms with van der Waals surface area (Å²) in [4.78, 5) is 2.54. The van der Waals surface area contributed by atoms with Gasteiger partial charge < -0.3 is 9.32 Å². The van der Waals surface area contributed by atoms with Gasteiger partial charge in [-0.05, 0) is 126 Å². The van der Waals surface area contributed by atoms with E-state index in [1.54, 1.807) is 0 Å². The number of rotatable bonds is 7. The third-order valence-electron chi connectivity index (χ3n) is 15.5. The van der Waals surface area contributed by atoms with E-state index in [1.165, 1.54) is 72.1 Å². The lowest BCUT2D eigenvalue weighted by Crippen LogP contribution is -2.28. The number of anilines is 3. The zero-order valence-electron chi connectivity index (χ0n) is 39.0. The molecule has 0 saturated heterocycles. The van der Waals surface area contributed by atoms with Crippen LogP contribution in [-0.2, 0) is 10.8 Å². The Kier molecular flexibility index (Phi) is 8.88. The van der Waals surface area contributed by atoms with Crippen molar-refractivity contribution in [1.29, 1.82) is 0 Å². The summed E-state index contributed by atoms with van der Waals surface area (Å²) in [6.45, 7) is 4.77. The molecule has 1 heterocycles. The number of benzene rings is 11. The SMILES string of the molecule is CC1(C)c2ccccc2-c2cc(-c3ccccc3)c(N(c3cccc(-c4cccc5oc6c7ccccc7ccc6c45)c3)c3ccc4c(c3)C(c3ccccc3)(c3ccccc3)c3ccccc3-4)cc21. The number of nitrogens with zero attached hydrogens (tertiary/aromatic N) is 1. The predicted molar refractivity (Wildman–Crippen MR) is 292 cm³/mol. The molecule has 2 heteroatoms. The van der Waals surface area contributed by atoms with Gasteiger partial charge in [0, 0.05) is 38.5 Å². The van der Waals surface area contributed by atoms with Crippen LogP contribution in [0.4, 0.5) is 17.1 Å². The first kappa shape index (κ1) is 40.4. The first-order chi connectivity index (χ1) is 34.5. The molecule has 0 bridgehead atoms. The highest BCUT2D eigenvalue weighted by Crippen LogP contribution is 2.59. The fourth-order valence-corrected chi connectivity index (χ4v) is 12.4. The Labute approximate surface area is 408 Å². The Balaban J connectivity index is 1.06. The summed E-state index contributed by atoms with van der Waals surface area (Å²) in [5, 5.41) is 4.54. The van der Waals surface area contributed by atoms with E-state index in [0.717, 1.165) is 55.5 Å². The molecule has 2 aliphatic rings. The van der Waals surface area contributed by atoms with Gasteiger partial charge in [0.05, 0.1) is 11.1 Å². The van der Waals surface area contributed by atoms with Crippen molar-refractivity contribution in [3.05, 3.63) is 282 Å². The Hall–Kier alpha value is -8.72. The molecule has 70 heavy (non-hydrogen) atoms. The smallest absolute Gasteiger partial charge is 0.143 e. The second-order valence-electron chi connectivity index (χ2n) is 19.5. The van der Waals surface area contributed by atoms with Crippen molar-refractivity contribution in [3.63, 3.8) is 0 Å². The lowest BCUT2D eigenvalue weighted by Gasteiger charge is -2.35. The zero-order chi connectivity index (χ0) is 46.6.